The van der Waals surface area contributed by atoms with Gasteiger partial charge in [0.05, 0.1) is 40.9 Å². The molecule has 1 fully saturated rings. The number of nitrogens with one attached hydrogen (secondary N) is 1. The molecule has 0 aliphatic carbocycles. The van der Waals surface area contributed by atoms with Crippen molar-refractivity contribution in [3.8, 4) is 17.2 Å². The van der Waals surface area contributed by atoms with E-state index in [-0.39, 0.29) is 61.7 Å². The van der Waals surface area contributed by atoms with Crippen molar-refractivity contribution in [3.63, 3.8) is 0 Å². The Hall–Kier alpha value is -5.69. The summed E-state index contributed by atoms with van der Waals surface area (Å²) in [6.07, 6.45) is 6.31. The smallest absolute Gasteiger partial charge is 0.312 e. The molecule has 392 valence electrons. The second-order valence-electron chi connectivity index (χ2n) is 20.3. The van der Waals surface area contributed by atoms with E-state index in [1.165, 1.54) is 27.2 Å². The number of hydrogen-bond acceptors (Lipinski definition) is 14. The minimum Gasteiger partial charge on any atom is -0.507 e. The Balaban J connectivity index is 1.37. The van der Waals surface area contributed by atoms with Crippen LogP contribution in [-0.4, -0.2) is 92.5 Å². The molecule has 12 atom stereocenters. The zero-order valence-corrected chi connectivity index (χ0v) is 46.1. The van der Waals surface area contributed by atoms with Crippen LogP contribution in [0, 0.1) is 30.6 Å². The van der Waals surface area contributed by atoms with Crippen LogP contribution in [0.3, 0.4) is 0 Å². The number of esters is 1. The van der Waals surface area contributed by atoms with E-state index in [1.807, 2.05) is 42.5 Å². The number of ether oxygens (including phenoxy) is 4. The Labute approximate surface area is 447 Å². The van der Waals surface area contributed by atoms with E-state index < -0.39 is 88.7 Å². The van der Waals surface area contributed by atoms with E-state index in [4.69, 9.17) is 28.9 Å². The molecule has 74 heavy (non-hydrogen) atoms. The molecule has 4 heterocycles. The van der Waals surface area contributed by atoms with Gasteiger partial charge < -0.3 is 44.7 Å². The van der Waals surface area contributed by atoms with E-state index >= 15 is 4.79 Å². The maximum atomic E-state index is 15.2. The summed E-state index contributed by atoms with van der Waals surface area (Å²) in [5.74, 6) is -7.35. The van der Waals surface area contributed by atoms with Gasteiger partial charge in [-0.1, -0.05) is 108 Å². The molecule has 1 unspecified atom stereocenters. The van der Waals surface area contributed by atoms with Crippen LogP contribution in [0.1, 0.15) is 100 Å². The quantitative estimate of drug-likeness (QED) is 0.0695. The van der Waals surface area contributed by atoms with Gasteiger partial charge in [0, 0.05) is 102 Å². The number of piperidine rings is 1. The highest BCUT2D eigenvalue weighted by Crippen LogP contribution is 2.52. The number of methoxy groups -OCH3 is 1. The number of phenols is 2. The third-order valence-electron chi connectivity index (χ3n) is 15.3. The lowest BCUT2D eigenvalue weighted by Crippen LogP contribution is -2.46. The third kappa shape index (κ3) is 10.1. The number of aliphatic hydroxyl groups excluding tert-OH is 2. The van der Waals surface area contributed by atoms with Gasteiger partial charge in [-0.15, -0.1) is 6.58 Å². The van der Waals surface area contributed by atoms with Gasteiger partial charge in [0.15, 0.2) is 11.4 Å². The number of benzene rings is 4. The summed E-state index contributed by atoms with van der Waals surface area (Å²) in [6, 6.07) is 15.4. The van der Waals surface area contributed by atoms with Crippen molar-refractivity contribution in [1.29, 1.82) is 0 Å². The molecule has 1 amide bonds. The molecule has 4 aromatic carbocycles. The number of nitrogens with zero attached hydrogens (tertiary/aromatic N) is 3. The van der Waals surface area contributed by atoms with Crippen LogP contribution in [0.2, 0.25) is 0 Å². The van der Waals surface area contributed by atoms with Gasteiger partial charge in [0.1, 0.15) is 28.6 Å². The SMILES string of the molecule is C=CCN1[C@@H](c2cccc(Br)c2)CC2(C[C@H]1c1cccc(Br)c1)N=c1c3c(O)c4c(O)c(C)c5c(c4c1=N2)C(=O)[C@@](C)(O/C=C/[C@H](OC)[C@@H](C)[C@@H](OC(C)=O)[C@H](C)[C@H](O)[C@H](C)[C@@H](O)[C@@H](C)/C=C/C=C(/C)C(=O)N3)O5. The number of ketones is 1. The van der Waals surface area contributed by atoms with E-state index in [9.17, 15) is 30.0 Å². The zero-order valence-electron chi connectivity index (χ0n) is 42.9. The fourth-order valence-electron chi connectivity index (χ4n) is 11.2. The van der Waals surface area contributed by atoms with Crippen LogP contribution in [-0.2, 0) is 23.8 Å². The van der Waals surface area contributed by atoms with Crippen molar-refractivity contribution >= 4 is 66.0 Å². The number of aromatic hydroxyl groups is 2. The van der Waals surface area contributed by atoms with Gasteiger partial charge in [-0.3, -0.25) is 29.3 Å². The Bertz CT molecular complexity index is 3080. The fraction of sp³-hybridized carbons (Fsp3) is 0.421. The van der Waals surface area contributed by atoms with Crippen molar-refractivity contribution in [2.75, 3.05) is 19.0 Å². The molecule has 0 radical (unpaired) electrons. The minimum atomic E-state index is -2.04. The van der Waals surface area contributed by atoms with Gasteiger partial charge in [0.2, 0.25) is 0 Å². The van der Waals surface area contributed by atoms with Gasteiger partial charge in [-0.25, -0.2) is 0 Å². The highest BCUT2D eigenvalue weighted by atomic mass is 79.9. The van der Waals surface area contributed by atoms with Gasteiger partial charge in [0.25, 0.3) is 11.7 Å². The summed E-state index contributed by atoms with van der Waals surface area (Å²) in [7, 11) is 1.46. The zero-order chi connectivity index (χ0) is 53.7. The lowest BCUT2D eigenvalue weighted by Gasteiger charge is -2.47. The Morgan fingerprint density at radius 2 is 1.53 bits per heavy atom. The average Bonchev–Trinajstić information content (AvgIpc) is 3.86. The number of amides is 1. The third-order valence-corrected chi connectivity index (χ3v) is 16.2. The van der Waals surface area contributed by atoms with Crippen LogP contribution in [0.25, 0.3) is 10.8 Å². The molecule has 0 aromatic heterocycles. The summed E-state index contributed by atoms with van der Waals surface area (Å²) in [6.45, 7) is 17.5. The van der Waals surface area contributed by atoms with Crippen LogP contribution in [0.15, 0.2) is 116 Å². The Morgan fingerprint density at radius 3 is 2.11 bits per heavy atom. The molecular weight excluding hydrogens is 1080 g/mol. The molecule has 0 saturated carbocycles. The predicted octanol–water partition coefficient (Wildman–Crippen LogP) is 9.29. The number of hydrogen-bond donors (Lipinski definition) is 5. The van der Waals surface area contributed by atoms with E-state index in [1.54, 1.807) is 65.8 Å². The van der Waals surface area contributed by atoms with Gasteiger partial charge in [-0.2, -0.15) is 0 Å². The lowest BCUT2D eigenvalue weighted by atomic mass is 9.78. The fourth-order valence-corrected chi connectivity index (χ4v) is 12.0. The lowest BCUT2D eigenvalue weighted by molar-refractivity contribution is -0.160. The molecule has 4 bridgehead atoms. The van der Waals surface area contributed by atoms with Crippen molar-refractivity contribution in [2.45, 2.75) is 116 Å². The molecule has 4 aliphatic heterocycles. The number of carbonyl (C=O) groups excluding carboxylic acids is 3. The van der Waals surface area contributed by atoms with E-state index in [2.05, 4.69) is 60.8 Å². The second-order valence-corrected chi connectivity index (χ2v) is 22.1. The highest BCUT2D eigenvalue weighted by molar-refractivity contribution is 9.10. The molecule has 17 heteroatoms. The second kappa shape index (κ2) is 21.5. The first-order chi connectivity index (χ1) is 35.0. The van der Waals surface area contributed by atoms with Crippen LogP contribution >= 0.6 is 31.9 Å². The van der Waals surface area contributed by atoms with Crippen LogP contribution < -0.4 is 20.8 Å². The Kier molecular flexibility index (Phi) is 15.9. The number of fused-ring (bicyclic) bond motifs is 1. The molecule has 8 rings (SSSR count). The molecule has 5 N–H and O–H groups in total. The number of rotatable bonds is 6. The average molecular weight is 1140 g/mol. The summed E-state index contributed by atoms with van der Waals surface area (Å²) < 4.78 is 26.1. The molecule has 1 spiro atoms. The summed E-state index contributed by atoms with van der Waals surface area (Å²) in [4.78, 5) is 55.5. The highest BCUT2D eigenvalue weighted by Gasteiger charge is 2.52. The molecule has 1 saturated heterocycles. The molecule has 15 nitrogen and oxygen atoms in total. The summed E-state index contributed by atoms with van der Waals surface area (Å²) >= 11 is 7.37. The van der Waals surface area contributed by atoms with Crippen LogP contribution in [0.4, 0.5) is 5.69 Å². The van der Waals surface area contributed by atoms with Crippen molar-refractivity contribution in [1.82, 2.24) is 4.90 Å². The largest absolute Gasteiger partial charge is 0.507 e. The minimum absolute atomic E-state index is 0.00118. The maximum Gasteiger partial charge on any atom is 0.312 e. The van der Waals surface area contributed by atoms with Crippen molar-refractivity contribution in [3.05, 3.63) is 139 Å². The summed E-state index contributed by atoms with van der Waals surface area (Å²) in [5, 5.41) is 51.1. The van der Waals surface area contributed by atoms with E-state index in [0.717, 1.165) is 20.1 Å². The van der Waals surface area contributed by atoms with Gasteiger partial charge >= 0.3 is 11.8 Å². The monoisotopic (exact) mass is 1140 g/mol. The number of allylic oxidation sites excluding steroid dienone is 2. The number of likely N-dealkylation sites (tertiary alicyclic amines) is 1. The number of Topliss-reactive ketones (excluding diaryl/α,β-unsaturated/α-hetero) is 1. The maximum absolute atomic E-state index is 15.2. The molecule has 4 aliphatic rings. The van der Waals surface area contributed by atoms with Crippen molar-refractivity contribution < 1.29 is 53.8 Å². The van der Waals surface area contributed by atoms with Crippen LogP contribution in [0.5, 0.6) is 17.2 Å². The number of aliphatic hydroxyl groups is 2. The molecular formula is C57H64Br2N4O11. The Morgan fingerprint density at radius 1 is 0.905 bits per heavy atom. The number of anilines is 1. The van der Waals surface area contributed by atoms with Gasteiger partial charge in [-0.05, 0) is 55.3 Å². The first kappa shape index (κ1) is 54.6. The predicted molar refractivity (Wildman–Crippen MR) is 287 cm³/mol. The van der Waals surface area contributed by atoms with Crippen molar-refractivity contribution in [2.24, 2.45) is 33.7 Å². The first-order valence-corrected chi connectivity index (χ1v) is 26.4. The number of halogens is 2. The number of phenolic OH excluding ortho intramolecular Hbond substituents is 2. The van der Waals surface area contributed by atoms with E-state index in [0.29, 0.717) is 19.4 Å². The topological polar surface area (TPSA) is 209 Å². The normalized spacial score (nSPS) is 32.1. The summed E-state index contributed by atoms with van der Waals surface area (Å²) in [5.41, 5.74) is 0.879. The standard InChI is InChI=1S/C57H64Br2N4O11/c1-11-22-63-39(35-17-13-19-37(58)24-35)26-57(27-40(63)36-18-14-20-38(59)25-36)61-45-42-43-50(67)33(7)53-44(42)54(69)56(9,74-53)72-23-21-41(71-10)30(4)52(73-34(8)64)32(6)49(66)31(5)48(65)28(2)15-12-16-29(3)55(70)60-47(51(43)68)46(45)62-57/h11-21,23-25,28,30-32,39-41,48-49,52,65-68H,1,22,26-27H2,2-10H3,(H,60,70)/b15-12+,23-21+,29-16-/t28-,30+,31+,32+,39-,40+,41-,48-,49+,52+,56-,57?/m0/s1. The molecule has 4 aromatic rings. The number of carbonyl (C=O) groups is 3. The first-order valence-electron chi connectivity index (χ1n) is 24.8.